The summed E-state index contributed by atoms with van der Waals surface area (Å²) in [5.41, 5.74) is -0.970. The summed E-state index contributed by atoms with van der Waals surface area (Å²) in [6.45, 7) is 6.05. The van der Waals surface area contributed by atoms with Crippen molar-refractivity contribution < 1.29 is 28.6 Å². The van der Waals surface area contributed by atoms with Crippen molar-refractivity contribution in [3.8, 4) is 10.8 Å². The molecule has 1 atom stereocenters. The second-order valence-corrected chi connectivity index (χ2v) is 8.45. The van der Waals surface area contributed by atoms with Gasteiger partial charge in [-0.05, 0) is 50.0 Å². The molecule has 1 unspecified atom stereocenters. The SMILES string of the molecule is CCCOc1ccc(C=C(C)C(=O)c2c(O)cc(C(C)CC/C=C/NC(=O)OC)oc2=O)s1. The lowest BCUT2D eigenvalue weighted by Gasteiger charge is -2.11. The Labute approximate surface area is 196 Å². The predicted octanol–water partition coefficient (Wildman–Crippen LogP) is 5.24. The van der Waals surface area contributed by atoms with E-state index >= 15 is 0 Å². The Hall–Kier alpha value is -3.33. The van der Waals surface area contributed by atoms with E-state index in [4.69, 9.17) is 9.15 Å². The number of nitrogens with one attached hydrogen (secondary N) is 1. The van der Waals surface area contributed by atoms with Crippen molar-refractivity contribution in [3.63, 3.8) is 0 Å². The molecular formula is C24H29NO7S. The molecule has 8 nitrogen and oxygen atoms in total. The fourth-order valence-corrected chi connectivity index (χ4v) is 3.76. The van der Waals surface area contributed by atoms with Crippen LogP contribution in [0.1, 0.15) is 66.9 Å². The van der Waals surface area contributed by atoms with Crippen LogP contribution < -0.4 is 15.7 Å². The van der Waals surface area contributed by atoms with E-state index in [1.807, 2.05) is 26.0 Å². The maximum absolute atomic E-state index is 12.8. The lowest BCUT2D eigenvalue weighted by molar-refractivity contribution is 0.102. The van der Waals surface area contributed by atoms with Gasteiger partial charge in [-0.2, -0.15) is 0 Å². The first-order valence-corrected chi connectivity index (χ1v) is 11.4. The van der Waals surface area contributed by atoms with Crippen molar-refractivity contribution in [1.29, 1.82) is 0 Å². The van der Waals surface area contributed by atoms with Crippen molar-refractivity contribution in [1.82, 2.24) is 5.32 Å². The minimum Gasteiger partial charge on any atom is -0.507 e. The van der Waals surface area contributed by atoms with Crippen molar-refractivity contribution >= 4 is 29.3 Å². The third-order valence-corrected chi connectivity index (χ3v) is 5.65. The summed E-state index contributed by atoms with van der Waals surface area (Å²) < 4.78 is 15.4. The highest BCUT2D eigenvalue weighted by Gasteiger charge is 2.22. The number of hydrogen-bond acceptors (Lipinski definition) is 8. The largest absolute Gasteiger partial charge is 0.507 e. The van der Waals surface area contributed by atoms with Crippen molar-refractivity contribution in [2.45, 2.75) is 46.0 Å². The van der Waals surface area contributed by atoms with Gasteiger partial charge in [-0.25, -0.2) is 9.59 Å². The third kappa shape index (κ3) is 7.64. The minimum atomic E-state index is -0.879. The first kappa shape index (κ1) is 25.9. The van der Waals surface area contributed by atoms with E-state index in [2.05, 4.69) is 10.1 Å². The number of amides is 1. The monoisotopic (exact) mass is 475 g/mol. The quantitative estimate of drug-likeness (QED) is 0.337. The van der Waals surface area contributed by atoms with E-state index in [-0.39, 0.29) is 17.2 Å². The molecule has 9 heteroatoms. The zero-order valence-electron chi connectivity index (χ0n) is 19.2. The number of thiophene rings is 1. The molecule has 0 fully saturated rings. The van der Waals surface area contributed by atoms with Gasteiger partial charge in [0.25, 0.3) is 0 Å². The molecule has 2 heterocycles. The molecule has 0 aliphatic heterocycles. The van der Waals surface area contributed by atoms with E-state index in [0.29, 0.717) is 25.0 Å². The molecule has 0 bridgehead atoms. The van der Waals surface area contributed by atoms with Gasteiger partial charge in [0.15, 0.2) is 10.8 Å². The highest BCUT2D eigenvalue weighted by Crippen LogP contribution is 2.29. The Morgan fingerprint density at radius 1 is 1.33 bits per heavy atom. The average molecular weight is 476 g/mol. The van der Waals surface area contributed by atoms with Gasteiger partial charge in [-0.1, -0.05) is 31.3 Å². The molecule has 33 heavy (non-hydrogen) atoms. The lowest BCUT2D eigenvalue weighted by atomic mass is 10.00. The molecule has 2 aromatic rings. The number of aromatic hydroxyl groups is 1. The van der Waals surface area contributed by atoms with Crippen LogP contribution in [0.2, 0.25) is 0 Å². The molecule has 2 rings (SSSR count). The average Bonchev–Trinajstić information content (AvgIpc) is 3.23. The fourth-order valence-electron chi connectivity index (χ4n) is 2.88. The number of allylic oxidation sites excluding steroid dienone is 2. The summed E-state index contributed by atoms with van der Waals surface area (Å²) in [6.07, 6.45) is 6.36. The van der Waals surface area contributed by atoms with Gasteiger partial charge in [-0.3, -0.25) is 10.1 Å². The Kier molecular flexibility index (Phi) is 9.93. The molecule has 0 radical (unpaired) electrons. The summed E-state index contributed by atoms with van der Waals surface area (Å²) in [5, 5.41) is 13.6. The second kappa shape index (κ2) is 12.6. The van der Waals surface area contributed by atoms with E-state index in [9.17, 15) is 19.5 Å². The zero-order valence-corrected chi connectivity index (χ0v) is 20.0. The van der Waals surface area contributed by atoms with Crippen LogP contribution in [-0.4, -0.2) is 30.7 Å². The van der Waals surface area contributed by atoms with E-state index in [1.165, 1.54) is 30.7 Å². The van der Waals surface area contributed by atoms with Gasteiger partial charge < -0.3 is 19.0 Å². The van der Waals surface area contributed by atoms with E-state index < -0.39 is 23.3 Å². The lowest BCUT2D eigenvalue weighted by Crippen LogP contribution is -2.16. The third-order valence-electron chi connectivity index (χ3n) is 4.70. The molecule has 0 saturated heterocycles. The molecule has 0 saturated carbocycles. The van der Waals surface area contributed by atoms with E-state index in [1.54, 1.807) is 19.1 Å². The Morgan fingerprint density at radius 2 is 2.09 bits per heavy atom. The minimum absolute atomic E-state index is 0.195. The second-order valence-electron chi connectivity index (χ2n) is 7.37. The molecule has 2 aromatic heterocycles. The summed E-state index contributed by atoms with van der Waals surface area (Å²) >= 11 is 1.39. The number of ether oxygens (including phenoxy) is 2. The molecule has 2 N–H and O–H groups in total. The summed E-state index contributed by atoms with van der Waals surface area (Å²) in [6, 6.07) is 4.96. The Morgan fingerprint density at radius 3 is 2.76 bits per heavy atom. The topological polar surface area (TPSA) is 115 Å². The first-order chi connectivity index (χ1) is 15.8. The van der Waals surface area contributed by atoms with Crippen LogP contribution in [0, 0.1) is 0 Å². The Bertz CT molecular complexity index is 1080. The zero-order chi connectivity index (χ0) is 24.4. The van der Waals surface area contributed by atoms with Crippen molar-refractivity contribution in [2.75, 3.05) is 13.7 Å². The number of rotatable bonds is 11. The number of carbonyl (C=O) groups is 2. The molecular weight excluding hydrogens is 446 g/mol. The maximum atomic E-state index is 12.8. The van der Waals surface area contributed by atoms with Crippen molar-refractivity contribution in [2.24, 2.45) is 0 Å². The van der Waals surface area contributed by atoms with Crippen molar-refractivity contribution in [3.05, 3.63) is 62.7 Å². The van der Waals surface area contributed by atoms with Crippen LogP contribution in [0.3, 0.4) is 0 Å². The number of Topliss-reactive ketones (excluding diaryl/α,β-unsaturated/α-hetero) is 1. The molecule has 0 aliphatic rings. The van der Waals surface area contributed by atoms with Crippen LogP contribution in [-0.2, 0) is 4.74 Å². The molecule has 0 aromatic carbocycles. The van der Waals surface area contributed by atoms with Crippen LogP contribution in [0.5, 0.6) is 10.8 Å². The van der Waals surface area contributed by atoms with Crippen LogP contribution in [0.15, 0.2) is 45.3 Å². The highest BCUT2D eigenvalue weighted by atomic mass is 32.1. The molecule has 0 aliphatic carbocycles. The van der Waals surface area contributed by atoms with Gasteiger partial charge in [0, 0.05) is 23.1 Å². The van der Waals surface area contributed by atoms with Gasteiger partial charge >= 0.3 is 11.7 Å². The number of ketones is 1. The maximum Gasteiger partial charge on any atom is 0.410 e. The number of carbonyl (C=O) groups excluding carboxylic acids is 2. The van der Waals surface area contributed by atoms with Gasteiger partial charge in [0.05, 0.1) is 13.7 Å². The van der Waals surface area contributed by atoms with Gasteiger partial charge in [0.1, 0.15) is 17.1 Å². The summed E-state index contributed by atoms with van der Waals surface area (Å²) in [7, 11) is 1.27. The summed E-state index contributed by atoms with van der Waals surface area (Å²) in [4.78, 5) is 37.1. The molecule has 1 amide bonds. The van der Waals surface area contributed by atoms with Crippen LogP contribution in [0.25, 0.3) is 6.08 Å². The number of alkyl carbamates (subject to hydrolysis) is 1. The Balaban J connectivity index is 2.09. The number of methoxy groups -OCH3 is 1. The predicted molar refractivity (Wildman–Crippen MR) is 127 cm³/mol. The normalized spacial score (nSPS) is 12.5. The fraction of sp³-hybridized carbons (Fsp3) is 0.375. The summed E-state index contributed by atoms with van der Waals surface area (Å²) in [5.74, 6) is -0.922. The van der Waals surface area contributed by atoms with Gasteiger partial charge in [0.2, 0.25) is 0 Å². The standard InChI is InChI=1S/C24H29NO7S/c1-5-12-31-20-10-9-17(33-20)13-16(3)22(27)21-18(26)14-19(32-23(21)28)15(2)8-6-7-11-25-24(29)30-4/h7,9-11,13-15,26H,5-6,8,12H2,1-4H3,(H,25,29)/b11-7+,16-13?. The van der Waals surface area contributed by atoms with E-state index in [0.717, 1.165) is 16.4 Å². The molecule has 0 spiro atoms. The number of hydrogen-bond donors (Lipinski definition) is 2. The van der Waals surface area contributed by atoms with Gasteiger partial charge in [-0.15, -0.1) is 0 Å². The first-order valence-electron chi connectivity index (χ1n) is 10.6. The van der Waals surface area contributed by atoms with Crippen LogP contribution >= 0.6 is 11.3 Å². The molecule has 178 valence electrons. The highest BCUT2D eigenvalue weighted by molar-refractivity contribution is 7.14. The smallest absolute Gasteiger partial charge is 0.410 e. The van der Waals surface area contributed by atoms with Crippen LogP contribution in [0.4, 0.5) is 4.79 Å².